The summed E-state index contributed by atoms with van der Waals surface area (Å²) in [5.74, 6) is 0.417. The highest BCUT2D eigenvalue weighted by Gasteiger charge is 2.03. The van der Waals surface area contributed by atoms with Crippen molar-refractivity contribution < 1.29 is 9.18 Å². The third-order valence-corrected chi connectivity index (χ3v) is 3.73. The molecule has 0 radical (unpaired) electrons. The average Bonchev–Trinajstić information content (AvgIpc) is 2.41. The molecule has 2 nitrogen and oxygen atoms in total. The number of hydrogen-bond donors (Lipinski definition) is 1. The van der Waals surface area contributed by atoms with Gasteiger partial charge in [0.25, 0.3) is 0 Å². The molecule has 0 saturated carbocycles. The van der Waals surface area contributed by atoms with Crippen LogP contribution in [0.2, 0.25) is 0 Å². The molecular formula is C16H16FNOS. The zero-order valence-corrected chi connectivity index (χ0v) is 12.0. The first-order valence-electron chi connectivity index (χ1n) is 6.38. The van der Waals surface area contributed by atoms with Crippen molar-refractivity contribution in [3.63, 3.8) is 0 Å². The van der Waals surface area contributed by atoms with Crippen molar-refractivity contribution >= 4 is 23.4 Å². The van der Waals surface area contributed by atoms with Gasteiger partial charge in [-0.15, -0.1) is 11.8 Å². The lowest BCUT2D eigenvalue weighted by atomic mass is 10.2. The van der Waals surface area contributed by atoms with Crippen molar-refractivity contribution in [1.29, 1.82) is 0 Å². The zero-order valence-electron chi connectivity index (χ0n) is 11.2. The van der Waals surface area contributed by atoms with Crippen molar-refractivity contribution in [2.75, 3.05) is 11.1 Å². The molecule has 0 saturated heterocycles. The van der Waals surface area contributed by atoms with E-state index in [9.17, 15) is 9.18 Å². The molecule has 2 aromatic rings. The van der Waals surface area contributed by atoms with E-state index in [-0.39, 0.29) is 11.7 Å². The summed E-state index contributed by atoms with van der Waals surface area (Å²) in [6.45, 7) is 1.99. The molecule has 0 aromatic heterocycles. The molecule has 104 valence electrons. The second-order valence-corrected chi connectivity index (χ2v) is 5.64. The number of benzene rings is 2. The van der Waals surface area contributed by atoms with Gasteiger partial charge in [0.15, 0.2) is 0 Å². The molecule has 0 aliphatic rings. The molecule has 0 fully saturated rings. The molecule has 1 N–H and O–H groups in total. The number of amides is 1. The van der Waals surface area contributed by atoms with Gasteiger partial charge in [-0.05, 0) is 48.9 Å². The molecule has 2 aromatic carbocycles. The summed E-state index contributed by atoms with van der Waals surface area (Å²) in [7, 11) is 0. The van der Waals surface area contributed by atoms with Crippen LogP contribution in [0.5, 0.6) is 0 Å². The fourth-order valence-corrected chi connectivity index (χ4v) is 2.59. The van der Waals surface area contributed by atoms with Crippen molar-refractivity contribution in [3.05, 3.63) is 59.9 Å². The lowest BCUT2D eigenvalue weighted by Crippen LogP contribution is -2.12. The van der Waals surface area contributed by atoms with Crippen molar-refractivity contribution in [2.45, 2.75) is 18.2 Å². The lowest BCUT2D eigenvalue weighted by Gasteiger charge is -2.06. The zero-order chi connectivity index (χ0) is 14.4. The van der Waals surface area contributed by atoms with Crippen LogP contribution in [-0.4, -0.2) is 11.7 Å². The van der Waals surface area contributed by atoms with E-state index in [0.717, 1.165) is 16.1 Å². The number of nitrogens with one attached hydrogen (secondary N) is 1. The maximum absolute atomic E-state index is 12.7. The van der Waals surface area contributed by atoms with Gasteiger partial charge >= 0.3 is 0 Å². The van der Waals surface area contributed by atoms with Crippen LogP contribution in [0.4, 0.5) is 10.1 Å². The van der Waals surface area contributed by atoms with Crippen LogP contribution in [0.1, 0.15) is 12.0 Å². The topological polar surface area (TPSA) is 29.1 Å². The summed E-state index contributed by atoms with van der Waals surface area (Å²) >= 11 is 1.54. The molecule has 4 heteroatoms. The summed E-state index contributed by atoms with van der Waals surface area (Å²) in [5, 5.41) is 2.87. The van der Waals surface area contributed by atoms with Crippen LogP contribution in [0.15, 0.2) is 53.4 Å². The predicted molar refractivity (Wildman–Crippen MR) is 81.5 cm³/mol. The van der Waals surface area contributed by atoms with Crippen LogP contribution < -0.4 is 5.32 Å². The first-order valence-corrected chi connectivity index (χ1v) is 7.37. The number of hydrogen-bond acceptors (Lipinski definition) is 2. The Morgan fingerprint density at radius 2 is 1.95 bits per heavy atom. The molecule has 2 rings (SSSR count). The highest BCUT2D eigenvalue weighted by atomic mass is 32.2. The summed E-state index contributed by atoms with van der Waals surface area (Å²) in [5.41, 5.74) is 1.94. The molecule has 0 heterocycles. The van der Waals surface area contributed by atoms with Crippen molar-refractivity contribution in [2.24, 2.45) is 0 Å². The maximum atomic E-state index is 12.7. The first-order chi connectivity index (χ1) is 9.63. The van der Waals surface area contributed by atoms with Gasteiger partial charge in [0.05, 0.1) is 0 Å². The molecule has 0 aliphatic heterocycles. The van der Waals surface area contributed by atoms with Gasteiger partial charge in [-0.25, -0.2) is 4.39 Å². The molecule has 0 aliphatic carbocycles. The van der Waals surface area contributed by atoms with Gasteiger partial charge in [0, 0.05) is 22.8 Å². The minimum atomic E-state index is -0.244. The number of thioether (sulfide) groups is 1. The number of rotatable bonds is 5. The third kappa shape index (κ3) is 4.70. The van der Waals surface area contributed by atoms with Gasteiger partial charge in [-0.2, -0.15) is 0 Å². The van der Waals surface area contributed by atoms with Crippen LogP contribution >= 0.6 is 11.8 Å². The lowest BCUT2D eigenvalue weighted by molar-refractivity contribution is -0.115. The van der Waals surface area contributed by atoms with E-state index < -0.39 is 0 Å². The monoisotopic (exact) mass is 289 g/mol. The average molecular weight is 289 g/mol. The SMILES string of the molecule is Cc1cccc(NC(=O)CCSc2ccc(F)cc2)c1. The highest BCUT2D eigenvalue weighted by molar-refractivity contribution is 7.99. The fraction of sp³-hybridized carbons (Fsp3) is 0.188. The Hall–Kier alpha value is -1.81. The molecule has 1 amide bonds. The quantitative estimate of drug-likeness (QED) is 0.833. The summed E-state index contributed by atoms with van der Waals surface area (Å²) in [6, 6.07) is 14.0. The second kappa shape index (κ2) is 7.10. The Balaban J connectivity index is 1.76. The molecule has 0 spiro atoms. The molecule has 20 heavy (non-hydrogen) atoms. The van der Waals surface area contributed by atoms with Gasteiger partial charge in [0.1, 0.15) is 5.82 Å². The van der Waals surface area contributed by atoms with E-state index in [1.807, 2.05) is 31.2 Å². The van der Waals surface area contributed by atoms with Crippen LogP contribution in [0.3, 0.4) is 0 Å². The smallest absolute Gasteiger partial charge is 0.225 e. The Kier molecular flexibility index (Phi) is 5.18. The van der Waals surface area contributed by atoms with E-state index in [4.69, 9.17) is 0 Å². The normalized spacial score (nSPS) is 10.3. The van der Waals surface area contributed by atoms with Gasteiger partial charge in [-0.3, -0.25) is 4.79 Å². The number of anilines is 1. The Morgan fingerprint density at radius 1 is 1.20 bits per heavy atom. The first kappa shape index (κ1) is 14.6. The number of carbonyl (C=O) groups excluding carboxylic acids is 1. The largest absolute Gasteiger partial charge is 0.326 e. The van der Waals surface area contributed by atoms with E-state index in [0.29, 0.717) is 12.2 Å². The second-order valence-electron chi connectivity index (χ2n) is 4.47. The van der Waals surface area contributed by atoms with Crippen LogP contribution in [-0.2, 0) is 4.79 Å². The van der Waals surface area contributed by atoms with Gasteiger partial charge < -0.3 is 5.32 Å². The van der Waals surface area contributed by atoms with E-state index in [1.165, 1.54) is 12.1 Å². The van der Waals surface area contributed by atoms with Crippen LogP contribution in [0, 0.1) is 12.7 Å². The van der Waals surface area contributed by atoms with E-state index in [1.54, 1.807) is 23.9 Å². The number of aryl methyl sites for hydroxylation is 1. The molecule has 0 bridgehead atoms. The highest BCUT2D eigenvalue weighted by Crippen LogP contribution is 2.19. The minimum absolute atomic E-state index is 0.00906. The predicted octanol–water partition coefficient (Wildman–Crippen LogP) is 4.26. The third-order valence-electron chi connectivity index (χ3n) is 2.71. The summed E-state index contributed by atoms with van der Waals surface area (Å²) in [4.78, 5) is 12.8. The van der Waals surface area contributed by atoms with E-state index in [2.05, 4.69) is 5.32 Å². The Labute approximate surface area is 122 Å². The van der Waals surface area contributed by atoms with Gasteiger partial charge in [0.2, 0.25) is 5.91 Å². The van der Waals surface area contributed by atoms with Gasteiger partial charge in [-0.1, -0.05) is 12.1 Å². The van der Waals surface area contributed by atoms with Crippen molar-refractivity contribution in [1.82, 2.24) is 0 Å². The standard InChI is InChI=1S/C16H16FNOS/c1-12-3-2-4-14(11-12)18-16(19)9-10-20-15-7-5-13(17)6-8-15/h2-8,11H,9-10H2,1H3,(H,18,19). The molecular weight excluding hydrogens is 273 g/mol. The Bertz CT molecular complexity index is 583. The molecule has 0 unspecified atom stereocenters. The number of carbonyl (C=O) groups is 1. The number of halogens is 1. The minimum Gasteiger partial charge on any atom is -0.326 e. The molecule has 0 atom stereocenters. The van der Waals surface area contributed by atoms with E-state index >= 15 is 0 Å². The maximum Gasteiger partial charge on any atom is 0.225 e. The Morgan fingerprint density at radius 3 is 2.65 bits per heavy atom. The summed E-state index contributed by atoms with van der Waals surface area (Å²) < 4.78 is 12.7. The van der Waals surface area contributed by atoms with Crippen molar-refractivity contribution in [3.8, 4) is 0 Å². The van der Waals surface area contributed by atoms with Crippen LogP contribution in [0.25, 0.3) is 0 Å². The fourth-order valence-electron chi connectivity index (χ4n) is 1.74. The summed E-state index contributed by atoms with van der Waals surface area (Å²) in [6.07, 6.45) is 0.427.